The zero-order chi connectivity index (χ0) is 15.2. The SMILES string of the molecule is CCN(CCC(=O)c1ccc(C)cc1)c1ccccc1F. The number of ketones is 1. The third-order valence-corrected chi connectivity index (χ3v) is 3.56. The van der Waals surface area contributed by atoms with Crippen LogP contribution in [0.5, 0.6) is 0 Å². The van der Waals surface area contributed by atoms with Gasteiger partial charge in [-0.1, -0.05) is 42.0 Å². The largest absolute Gasteiger partial charge is 0.369 e. The molecule has 110 valence electrons. The van der Waals surface area contributed by atoms with Crippen molar-refractivity contribution in [3.8, 4) is 0 Å². The van der Waals surface area contributed by atoms with Crippen LogP contribution in [0, 0.1) is 12.7 Å². The predicted molar refractivity (Wildman–Crippen MR) is 84.4 cm³/mol. The van der Waals surface area contributed by atoms with E-state index in [0.717, 1.165) is 5.56 Å². The van der Waals surface area contributed by atoms with E-state index in [0.29, 0.717) is 30.8 Å². The van der Waals surface area contributed by atoms with Crippen molar-refractivity contribution in [1.29, 1.82) is 0 Å². The zero-order valence-electron chi connectivity index (χ0n) is 12.5. The quantitative estimate of drug-likeness (QED) is 0.740. The molecule has 2 aromatic rings. The Labute approximate surface area is 125 Å². The number of Topliss-reactive ketones (excluding diaryl/α,β-unsaturated/α-hetero) is 1. The van der Waals surface area contributed by atoms with E-state index in [-0.39, 0.29) is 11.6 Å². The van der Waals surface area contributed by atoms with Gasteiger partial charge in [-0.25, -0.2) is 4.39 Å². The highest BCUT2D eigenvalue weighted by atomic mass is 19.1. The first-order valence-corrected chi connectivity index (χ1v) is 7.21. The smallest absolute Gasteiger partial charge is 0.164 e. The first-order chi connectivity index (χ1) is 10.1. The number of para-hydroxylation sites is 1. The van der Waals surface area contributed by atoms with Gasteiger partial charge in [0.2, 0.25) is 0 Å². The molecule has 0 amide bonds. The van der Waals surface area contributed by atoms with Gasteiger partial charge in [0, 0.05) is 25.1 Å². The van der Waals surface area contributed by atoms with Crippen LogP contribution in [-0.2, 0) is 0 Å². The van der Waals surface area contributed by atoms with Crippen molar-refractivity contribution < 1.29 is 9.18 Å². The van der Waals surface area contributed by atoms with Gasteiger partial charge in [0.25, 0.3) is 0 Å². The zero-order valence-corrected chi connectivity index (χ0v) is 12.5. The Hall–Kier alpha value is -2.16. The van der Waals surface area contributed by atoms with E-state index in [9.17, 15) is 9.18 Å². The summed E-state index contributed by atoms with van der Waals surface area (Å²) in [7, 11) is 0. The van der Waals surface area contributed by atoms with Crippen molar-refractivity contribution >= 4 is 11.5 Å². The molecule has 0 saturated carbocycles. The molecule has 2 rings (SSSR count). The molecule has 0 fully saturated rings. The highest BCUT2D eigenvalue weighted by molar-refractivity contribution is 5.96. The molecule has 0 radical (unpaired) electrons. The average Bonchev–Trinajstić information content (AvgIpc) is 2.50. The van der Waals surface area contributed by atoms with Crippen LogP contribution in [0.4, 0.5) is 10.1 Å². The molecular weight excluding hydrogens is 265 g/mol. The summed E-state index contributed by atoms with van der Waals surface area (Å²) in [4.78, 5) is 14.1. The second-order valence-corrected chi connectivity index (χ2v) is 5.07. The van der Waals surface area contributed by atoms with Gasteiger partial charge in [-0.05, 0) is 26.0 Å². The second kappa shape index (κ2) is 7.02. The summed E-state index contributed by atoms with van der Waals surface area (Å²) in [5.41, 5.74) is 2.40. The second-order valence-electron chi connectivity index (χ2n) is 5.07. The molecule has 0 aliphatic carbocycles. The first-order valence-electron chi connectivity index (χ1n) is 7.21. The lowest BCUT2D eigenvalue weighted by Crippen LogP contribution is -2.26. The lowest BCUT2D eigenvalue weighted by molar-refractivity contribution is 0.0984. The molecule has 2 nitrogen and oxygen atoms in total. The number of halogens is 1. The maximum absolute atomic E-state index is 13.8. The molecule has 0 aliphatic heterocycles. The van der Waals surface area contributed by atoms with Crippen molar-refractivity contribution in [1.82, 2.24) is 0 Å². The van der Waals surface area contributed by atoms with Crippen LogP contribution < -0.4 is 4.90 Å². The molecular formula is C18H20FNO. The molecule has 0 spiro atoms. The van der Waals surface area contributed by atoms with E-state index in [2.05, 4.69) is 0 Å². The summed E-state index contributed by atoms with van der Waals surface area (Å²) in [6.07, 6.45) is 0.380. The Morgan fingerprint density at radius 1 is 1.10 bits per heavy atom. The number of benzene rings is 2. The third-order valence-electron chi connectivity index (χ3n) is 3.56. The molecule has 0 unspecified atom stereocenters. The summed E-state index contributed by atoms with van der Waals surface area (Å²) in [6, 6.07) is 14.2. The first kappa shape index (κ1) is 15.2. The van der Waals surface area contributed by atoms with Crippen molar-refractivity contribution in [3.05, 3.63) is 65.5 Å². The third kappa shape index (κ3) is 3.91. The number of hydrogen-bond donors (Lipinski definition) is 0. The van der Waals surface area contributed by atoms with Crippen molar-refractivity contribution in [2.75, 3.05) is 18.0 Å². The summed E-state index contributed by atoms with van der Waals surface area (Å²) in [5, 5.41) is 0. The van der Waals surface area contributed by atoms with E-state index >= 15 is 0 Å². The number of aryl methyl sites for hydroxylation is 1. The fourth-order valence-electron chi connectivity index (χ4n) is 2.28. The Morgan fingerprint density at radius 3 is 2.38 bits per heavy atom. The fraction of sp³-hybridized carbons (Fsp3) is 0.278. The van der Waals surface area contributed by atoms with E-state index in [1.165, 1.54) is 6.07 Å². The van der Waals surface area contributed by atoms with E-state index < -0.39 is 0 Å². The topological polar surface area (TPSA) is 20.3 Å². The van der Waals surface area contributed by atoms with Gasteiger partial charge in [-0.3, -0.25) is 4.79 Å². The number of nitrogens with zero attached hydrogens (tertiary/aromatic N) is 1. The fourth-order valence-corrected chi connectivity index (χ4v) is 2.28. The number of rotatable bonds is 6. The van der Waals surface area contributed by atoms with Crippen molar-refractivity contribution in [2.24, 2.45) is 0 Å². The molecule has 0 atom stereocenters. The highest BCUT2D eigenvalue weighted by Crippen LogP contribution is 2.19. The number of carbonyl (C=O) groups excluding carboxylic acids is 1. The molecule has 0 aromatic heterocycles. The van der Waals surface area contributed by atoms with Crippen LogP contribution in [0.15, 0.2) is 48.5 Å². The summed E-state index contributed by atoms with van der Waals surface area (Å²) < 4.78 is 13.8. The van der Waals surface area contributed by atoms with Gasteiger partial charge < -0.3 is 4.90 Å². The van der Waals surface area contributed by atoms with E-state index in [1.54, 1.807) is 12.1 Å². The minimum absolute atomic E-state index is 0.0878. The Morgan fingerprint density at radius 2 is 1.76 bits per heavy atom. The predicted octanol–water partition coefficient (Wildman–Crippen LogP) is 4.23. The summed E-state index contributed by atoms with van der Waals surface area (Å²) >= 11 is 0. The molecule has 0 N–H and O–H groups in total. The maximum atomic E-state index is 13.8. The Kier molecular flexibility index (Phi) is 5.09. The van der Waals surface area contributed by atoms with Crippen LogP contribution >= 0.6 is 0 Å². The number of hydrogen-bond acceptors (Lipinski definition) is 2. The lowest BCUT2D eigenvalue weighted by Gasteiger charge is -2.23. The monoisotopic (exact) mass is 285 g/mol. The minimum atomic E-state index is -0.248. The maximum Gasteiger partial charge on any atom is 0.164 e. The van der Waals surface area contributed by atoms with Gasteiger partial charge >= 0.3 is 0 Å². The van der Waals surface area contributed by atoms with Gasteiger partial charge in [0.1, 0.15) is 5.82 Å². The standard InChI is InChI=1S/C18H20FNO/c1-3-20(17-7-5-4-6-16(17)19)13-12-18(21)15-10-8-14(2)9-11-15/h4-11H,3,12-13H2,1-2H3. The number of carbonyl (C=O) groups is 1. The van der Waals surface area contributed by atoms with Gasteiger partial charge in [-0.2, -0.15) is 0 Å². The number of anilines is 1. The molecule has 0 bridgehead atoms. The molecule has 21 heavy (non-hydrogen) atoms. The Balaban J connectivity index is 2.02. The lowest BCUT2D eigenvalue weighted by atomic mass is 10.1. The minimum Gasteiger partial charge on any atom is -0.369 e. The van der Waals surface area contributed by atoms with Crippen LogP contribution in [-0.4, -0.2) is 18.9 Å². The highest BCUT2D eigenvalue weighted by Gasteiger charge is 2.12. The van der Waals surface area contributed by atoms with Gasteiger partial charge in [0.05, 0.1) is 5.69 Å². The molecule has 0 saturated heterocycles. The van der Waals surface area contributed by atoms with Crippen molar-refractivity contribution in [3.63, 3.8) is 0 Å². The average molecular weight is 285 g/mol. The van der Waals surface area contributed by atoms with Gasteiger partial charge in [-0.15, -0.1) is 0 Å². The van der Waals surface area contributed by atoms with Crippen LogP contribution in [0.25, 0.3) is 0 Å². The van der Waals surface area contributed by atoms with Crippen LogP contribution in [0.2, 0.25) is 0 Å². The van der Waals surface area contributed by atoms with Crippen LogP contribution in [0.1, 0.15) is 29.3 Å². The summed E-state index contributed by atoms with van der Waals surface area (Å²) in [6.45, 7) is 5.14. The van der Waals surface area contributed by atoms with E-state index in [1.807, 2.05) is 49.1 Å². The van der Waals surface area contributed by atoms with E-state index in [4.69, 9.17) is 0 Å². The molecule has 0 heterocycles. The van der Waals surface area contributed by atoms with Crippen LogP contribution in [0.3, 0.4) is 0 Å². The molecule has 3 heteroatoms. The normalized spacial score (nSPS) is 10.4. The van der Waals surface area contributed by atoms with Crippen molar-refractivity contribution in [2.45, 2.75) is 20.3 Å². The Bertz CT molecular complexity index is 607. The molecule has 0 aliphatic rings. The summed E-state index contributed by atoms with van der Waals surface area (Å²) in [5.74, 6) is -0.160. The van der Waals surface area contributed by atoms with Gasteiger partial charge in [0.15, 0.2) is 5.78 Å². The molecule has 2 aromatic carbocycles.